The van der Waals surface area contributed by atoms with Gasteiger partial charge in [0.1, 0.15) is 0 Å². The number of oxime groups is 1. The summed E-state index contributed by atoms with van der Waals surface area (Å²) in [5.41, 5.74) is 1.13. The lowest BCUT2D eigenvalue weighted by Gasteiger charge is -2.00. The highest BCUT2D eigenvalue weighted by atomic mass is 35.5. The van der Waals surface area contributed by atoms with Crippen LogP contribution in [0.5, 0.6) is 0 Å². The lowest BCUT2D eigenvalue weighted by molar-refractivity contribution is 0.318. The number of hydrogen-bond acceptors (Lipinski definition) is 3. The van der Waals surface area contributed by atoms with Crippen molar-refractivity contribution in [2.24, 2.45) is 5.16 Å². The minimum absolute atomic E-state index is 0.386. The summed E-state index contributed by atoms with van der Waals surface area (Å²) in [5, 5.41) is 12.8. The molecule has 0 fully saturated rings. The Morgan fingerprint density at radius 2 is 1.93 bits per heavy atom. The molecule has 4 heteroatoms. The standard InChI is InChI=1S/C11H8ClNO2/c12-9-5-3-8(4-6-9)11(13-14)10-2-1-7-15-10/h1-7,14H. The van der Waals surface area contributed by atoms with Crippen molar-refractivity contribution >= 4 is 17.3 Å². The lowest BCUT2D eigenvalue weighted by Crippen LogP contribution is -2.01. The highest BCUT2D eigenvalue weighted by Gasteiger charge is 2.09. The molecule has 0 spiro atoms. The van der Waals surface area contributed by atoms with E-state index in [1.54, 1.807) is 36.4 Å². The normalized spacial score (nSPS) is 11.7. The summed E-state index contributed by atoms with van der Waals surface area (Å²) in [7, 11) is 0. The molecule has 0 saturated carbocycles. The predicted octanol–water partition coefficient (Wildman–Crippen LogP) is 3.16. The van der Waals surface area contributed by atoms with Crippen LogP contribution in [0.4, 0.5) is 0 Å². The van der Waals surface area contributed by atoms with Gasteiger partial charge in [0.15, 0.2) is 11.5 Å². The molecule has 1 heterocycles. The smallest absolute Gasteiger partial charge is 0.156 e. The van der Waals surface area contributed by atoms with Crippen LogP contribution in [0.25, 0.3) is 0 Å². The Kier molecular flexibility index (Phi) is 2.74. The summed E-state index contributed by atoms with van der Waals surface area (Å²) in [4.78, 5) is 0. The van der Waals surface area contributed by atoms with Crippen molar-refractivity contribution in [3.63, 3.8) is 0 Å². The zero-order chi connectivity index (χ0) is 10.7. The maximum atomic E-state index is 8.92. The Bertz CT molecular complexity index is 460. The molecule has 1 aromatic carbocycles. The predicted molar refractivity (Wildman–Crippen MR) is 57.6 cm³/mol. The molecule has 76 valence electrons. The molecule has 0 aliphatic carbocycles. The van der Waals surface area contributed by atoms with Gasteiger partial charge >= 0.3 is 0 Å². The summed E-state index contributed by atoms with van der Waals surface area (Å²) < 4.78 is 5.15. The van der Waals surface area contributed by atoms with Crippen LogP contribution >= 0.6 is 11.6 Å². The molecular formula is C11H8ClNO2. The highest BCUT2D eigenvalue weighted by Crippen LogP contribution is 2.14. The molecule has 0 bridgehead atoms. The van der Waals surface area contributed by atoms with Crippen molar-refractivity contribution in [2.75, 3.05) is 0 Å². The second-order valence-electron chi connectivity index (χ2n) is 2.93. The average molecular weight is 222 g/mol. The van der Waals surface area contributed by atoms with Crippen molar-refractivity contribution in [1.29, 1.82) is 0 Å². The first-order valence-corrected chi connectivity index (χ1v) is 4.71. The van der Waals surface area contributed by atoms with Crippen LogP contribution in [0.3, 0.4) is 0 Å². The molecule has 0 atom stereocenters. The Hall–Kier alpha value is -1.74. The minimum Gasteiger partial charge on any atom is -0.463 e. The van der Waals surface area contributed by atoms with Gasteiger partial charge in [0.05, 0.1) is 6.26 Å². The second-order valence-corrected chi connectivity index (χ2v) is 3.37. The van der Waals surface area contributed by atoms with E-state index >= 15 is 0 Å². The van der Waals surface area contributed by atoms with E-state index in [1.807, 2.05) is 0 Å². The summed E-state index contributed by atoms with van der Waals surface area (Å²) in [6.07, 6.45) is 1.52. The van der Waals surface area contributed by atoms with E-state index in [0.29, 0.717) is 16.5 Å². The third-order valence-corrected chi connectivity index (χ3v) is 2.22. The number of rotatable bonds is 2. The molecule has 2 aromatic rings. The van der Waals surface area contributed by atoms with Crippen molar-refractivity contribution in [3.8, 4) is 0 Å². The van der Waals surface area contributed by atoms with E-state index in [1.165, 1.54) is 6.26 Å². The third-order valence-electron chi connectivity index (χ3n) is 1.97. The molecule has 0 aliphatic rings. The van der Waals surface area contributed by atoms with Gasteiger partial charge in [-0.2, -0.15) is 0 Å². The average Bonchev–Trinajstić information content (AvgIpc) is 2.75. The fourth-order valence-electron chi connectivity index (χ4n) is 1.27. The molecule has 0 saturated heterocycles. The summed E-state index contributed by atoms with van der Waals surface area (Å²) in [6.45, 7) is 0. The molecule has 0 aliphatic heterocycles. The van der Waals surface area contributed by atoms with Crippen molar-refractivity contribution in [1.82, 2.24) is 0 Å². The molecule has 15 heavy (non-hydrogen) atoms. The van der Waals surface area contributed by atoms with Gasteiger partial charge in [-0.05, 0) is 24.3 Å². The van der Waals surface area contributed by atoms with Crippen molar-refractivity contribution in [3.05, 3.63) is 59.0 Å². The van der Waals surface area contributed by atoms with Gasteiger partial charge in [0, 0.05) is 10.6 Å². The number of halogens is 1. The first-order valence-electron chi connectivity index (χ1n) is 4.33. The highest BCUT2D eigenvalue weighted by molar-refractivity contribution is 6.30. The molecule has 0 radical (unpaired) electrons. The SMILES string of the molecule is ON=C(c1ccc(Cl)cc1)c1ccco1. The van der Waals surface area contributed by atoms with Crippen LogP contribution in [0, 0.1) is 0 Å². The first kappa shape index (κ1) is 9.80. The fourth-order valence-corrected chi connectivity index (χ4v) is 1.40. The summed E-state index contributed by atoms with van der Waals surface area (Å²) in [6, 6.07) is 10.4. The Morgan fingerprint density at radius 3 is 2.47 bits per heavy atom. The van der Waals surface area contributed by atoms with E-state index in [9.17, 15) is 0 Å². The Morgan fingerprint density at radius 1 is 1.20 bits per heavy atom. The molecule has 2 rings (SSSR count). The molecule has 3 nitrogen and oxygen atoms in total. The molecule has 0 unspecified atom stereocenters. The largest absolute Gasteiger partial charge is 0.463 e. The quantitative estimate of drug-likeness (QED) is 0.481. The van der Waals surface area contributed by atoms with E-state index in [4.69, 9.17) is 21.2 Å². The van der Waals surface area contributed by atoms with E-state index < -0.39 is 0 Å². The second kappa shape index (κ2) is 4.19. The molecule has 0 amide bonds. The Balaban J connectivity index is 2.41. The lowest BCUT2D eigenvalue weighted by atomic mass is 10.1. The molecule has 1 aromatic heterocycles. The van der Waals surface area contributed by atoms with Gasteiger partial charge in [-0.3, -0.25) is 0 Å². The zero-order valence-corrected chi connectivity index (χ0v) is 8.48. The van der Waals surface area contributed by atoms with Gasteiger partial charge in [-0.25, -0.2) is 0 Å². The fraction of sp³-hybridized carbons (Fsp3) is 0. The van der Waals surface area contributed by atoms with Gasteiger partial charge in [-0.1, -0.05) is 28.9 Å². The van der Waals surface area contributed by atoms with E-state index in [-0.39, 0.29) is 0 Å². The van der Waals surface area contributed by atoms with Crippen LogP contribution in [0.15, 0.2) is 52.2 Å². The van der Waals surface area contributed by atoms with Gasteiger partial charge in [0.2, 0.25) is 0 Å². The number of benzene rings is 1. The topological polar surface area (TPSA) is 45.7 Å². The number of furan rings is 1. The van der Waals surface area contributed by atoms with E-state index in [2.05, 4.69) is 5.16 Å². The maximum absolute atomic E-state index is 8.92. The van der Waals surface area contributed by atoms with E-state index in [0.717, 1.165) is 5.56 Å². The maximum Gasteiger partial charge on any atom is 0.156 e. The monoisotopic (exact) mass is 221 g/mol. The van der Waals surface area contributed by atoms with Crippen LogP contribution in [-0.4, -0.2) is 10.9 Å². The summed E-state index contributed by atoms with van der Waals surface area (Å²) in [5.74, 6) is 0.514. The summed E-state index contributed by atoms with van der Waals surface area (Å²) >= 11 is 5.76. The van der Waals surface area contributed by atoms with Gasteiger partial charge in [0.25, 0.3) is 0 Å². The Labute approximate surface area is 91.6 Å². The van der Waals surface area contributed by atoms with Crippen LogP contribution in [0.1, 0.15) is 11.3 Å². The minimum atomic E-state index is 0.386. The molecule has 1 N–H and O–H groups in total. The van der Waals surface area contributed by atoms with Crippen LogP contribution in [-0.2, 0) is 0 Å². The van der Waals surface area contributed by atoms with Crippen molar-refractivity contribution in [2.45, 2.75) is 0 Å². The van der Waals surface area contributed by atoms with Crippen LogP contribution < -0.4 is 0 Å². The number of nitrogens with zero attached hydrogens (tertiary/aromatic N) is 1. The molecular weight excluding hydrogens is 214 g/mol. The van der Waals surface area contributed by atoms with Gasteiger partial charge < -0.3 is 9.62 Å². The van der Waals surface area contributed by atoms with Crippen LogP contribution in [0.2, 0.25) is 5.02 Å². The zero-order valence-electron chi connectivity index (χ0n) is 7.72. The van der Waals surface area contributed by atoms with Crippen molar-refractivity contribution < 1.29 is 9.62 Å². The first-order chi connectivity index (χ1) is 7.31. The third kappa shape index (κ3) is 2.02. The number of hydrogen-bond donors (Lipinski definition) is 1. The van der Waals surface area contributed by atoms with Gasteiger partial charge in [-0.15, -0.1) is 0 Å².